The summed E-state index contributed by atoms with van der Waals surface area (Å²) >= 11 is 1.72. The van der Waals surface area contributed by atoms with E-state index >= 15 is 0 Å². The van der Waals surface area contributed by atoms with Crippen LogP contribution in [0.2, 0.25) is 0 Å². The van der Waals surface area contributed by atoms with E-state index in [1.807, 2.05) is 13.1 Å². The Bertz CT molecular complexity index is 528. The molecule has 6 heteroatoms. The molecular weight excluding hydrogens is 294 g/mol. The molecule has 1 amide bonds. The van der Waals surface area contributed by atoms with Gasteiger partial charge in [-0.3, -0.25) is 9.78 Å². The van der Waals surface area contributed by atoms with Gasteiger partial charge in [0.25, 0.3) is 0 Å². The molecule has 0 aliphatic heterocycles. The summed E-state index contributed by atoms with van der Waals surface area (Å²) in [6, 6.07) is 7.67. The zero-order valence-electron chi connectivity index (χ0n) is 11.3. The van der Waals surface area contributed by atoms with Crippen molar-refractivity contribution < 1.29 is 4.79 Å². The first-order valence-electron chi connectivity index (χ1n) is 6.12. The molecule has 2 N–H and O–H groups in total. The van der Waals surface area contributed by atoms with Crippen LogP contribution in [0.4, 0.5) is 5.69 Å². The highest BCUT2D eigenvalue weighted by Crippen LogP contribution is 2.10. The van der Waals surface area contributed by atoms with Gasteiger partial charge in [-0.05, 0) is 30.0 Å². The Labute approximate surface area is 129 Å². The standard InChI is InChI=1S/C14H17N3OS.ClH/c1-17(7-6-13-3-2-8-19-13)14(18)9-12-5-4-11(15)10-16-12;/h2-5,8,10H,6-7,9,15H2,1H3;1H. The number of amides is 1. The lowest BCUT2D eigenvalue weighted by Crippen LogP contribution is -2.30. The first-order chi connectivity index (χ1) is 9.15. The largest absolute Gasteiger partial charge is 0.397 e. The summed E-state index contributed by atoms with van der Waals surface area (Å²) in [5, 5.41) is 2.05. The van der Waals surface area contributed by atoms with E-state index in [1.165, 1.54) is 4.88 Å². The van der Waals surface area contributed by atoms with E-state index in [-0.39, 0.29) is 18.3 Å². The number of nitrogens with two attached hydrogens (primary N) is 1. The van der Waals surface area contributed by atoms with Crippen LogP contribution in [-0.2, 0) is 17.6 Å². The number of nitrogen functional groups attached to an aromatic ring is 1. The smallest absolute Gasteiger partial charge is 0.228 e. The summed E-state index contributed by atoms with van der Waals surface area (Å²) < 4.78 is 0. The monoisotopic (exact) mass is 311 g/mol. The number of anilines is 1. The van der Waals surface area contributed by atoms with Crippen molar-refractivity contribution in [2.45, 2.75) is 12.8 Å². The van der Waals surface area contributed by atoms with Crippen LogP contribution in [0.3, 0.4) is 0 Å². The second-order valence-electron chi connectivity index (χ2n) is 4.40. The molecule has 0 aliphatic rings. The van der Waals surface area contributed by atoms with Crippen LogP contribution in [0.25, 0.3) is 0 Å². The van der Waals surface area contributed by atoms with Crippen LogP contribution in [0.1, 0.15) is 10.6 Å². The van der Waals surface area contributed by atoms with E-state index in [4.69, 9.17) is 5.73 Å². The fourth-order valence-corrected chi connectivity index (χ4v) is 2.39. The SMILES string of the molecule is CN(CCc1cccs1)C(=O)Cc1ccc(N)cn1.Cl. The predicted octanol–water partition coefficient (Wildman–Crippen LogP) is 2.39. The molecule has 0 unspecified atom stereocenters. The van der Waals surface area contributed by atoms with Gasteiger partial charge in [0.2, 0.25) is 5.91 Å². The molecule has 0 atom stereocenters. The van der Waals surface area contributed by atoms with Crippen LogP contribution in [-0.4, -0.2) is 29.4 Å². The van der Waals surface area contributed by atoms with Crippen molar-refractivity contribution in [3.05, 3.63) is 46.4 Å². The second kappa shape index (κ2) is 7.87. The summed E-state index contributed by atoms with van der Waals surface area (Å²) in [6.45, 7) is 0.730. The third-order valence-corrected chi connectivity index (χ3v) is 3.82. The van der Waals surface area contributed by atoms with Gasteiger partial charge in [0.05, 0.1) is 18.3 Å². The van der Waals surface area contributed by atoms with Crippen molar-refractivity contribution in [1.29, 1.82) is 0 Å². The summed E-state index contributed by atoms with van der Waals surface area (Å²) in [7, 11) is 1.83. The minimum absolute atomic E-state index is 0. The first kappa shape index (κ1) is 16.5. The van der Waals surface area contributed by atoms with Crippen LogP contribution < -0.4 is 5.73 Å². The van der Waals surface area contributed by atoms with Crippen molar-refractivity contribution >= 4 is 35.3 Å². The predicted molar refractivity (Wildman–Crippen MR) is 85.3 cm³/mol. The molecule has 2 aromatic rings. The normalized spacial score (nSPS) is 9.85. The third-order valence-electron chi connectivity index (χ3n) is 2.88. The van der Waals surface area contributed by atoms with E-state index in [0.717, 1.165) is 18.7 Å². The molecule has 0 radical (unpaired) electrons. The highest BCUT2D eigenvalue weighted by Gasteiger charge is 2.10. The Morgan fingerprint density at radius 1 is 1.40 bits per heavy atom. The fraction of sp³-hybridized carbons (Fsp3) is 0.286. The molecule has 0 aromatic carbocycles. The number of rotatable bonds is 5. The van der Waals surface area contributed by atoms with Gasteiger partial charge in [0.15, 0.2) is 0 Å². The molecule has 2 heterocycles. The van der Waals surface area contributed by atoms with Gasteiger partial charge >= 0.3 is 0 Å². The van der Waals surface area contributed by atoms with Gasteiger partial charge in [-0.25, -0.2) is 0 Å². The molecule has 0 saturated carbocycles. The maximum atomic E-state index is 12.0. The number of nitrogens with zero attached hydrogens (tertiary/aromatic N) is 2. The van der Waals surface area contributed by atoms with E-state index in [0.29, 0.717) is 12.1 Å². The zero-order chi connectivity index (χ0) is 13.7. The maximum Gasteiger partial charge on any atom is 0.228 e. The Hall–Kier alpha value is -1.59. The van der Waals surface area contributed by atoms with Crippen LogP contribution >= 0.6 is 23.7 Å². The lowest BCUT2D eigenvalue weighted by atomic mass is 10.2. The van der Waals surface area contributed by atoms with Crippen LogP contribution in [0.15, 0.2) is 35.8 Å². The van der Waals surface area contributed by atoms with Gasteiger partial charge in [0.1, 0.15) is 0 Å². The fourth-order valence-electron chi connectivity index (χ4n) is 1.69. The van der Waals surface area contributed by atoms with Crippen molar-refractivity contribution in [3.63, 3.8) is 0 Å². The number of pyridine rings is 1. The van der Waals surface area contributed by atoms with E-state index in [9.17, 15) is 4.79 Å². The maximum absolute atomic E-state index is 12.0. The number of thiophene rings is 1. The number of hydrogen-bond donors (Lipinski definition) is 1. The Kier molecular flexibility index (Phi) is 6.48. The molecule has 0 spiro atoms. The van der Waals surface area contributed by atoms with Gasteiger partial charge < -0.3 is 10.6 Å². The molecule has 0 bridgehead atoms. The first-order valence-corrected chi connectivity index (χ1v) is 7.00. The Morgan fingerprint density at radius 2 is 2.20 bits per heavy atom. The van der Waals surface area contributed by atoms with E-state index in [1.54, 1.807) is 34.6 Å². The van der Waals surface area contributed by atoms with Gasteiger partial charge in [-0.2, -0.15) is 0 Å². The minimum atomic E-state index is 0. The number of aromatic nitrogens is 1. The highest BCUT2D eigenvalue weighted by atomic mass is 35.5. The molecule has 108 valence electrons. The average Bonchev–Trinajstić information content (AvgIpc) is 2.91. The Balaban J connectivity index is 0.00000200. The van der Waals surface area contributed by atoms with Gasteiger partial charge in [-0.15, -0.1) is 23.7 Å². The van der Waals surface area contributed by atoms with Crippen molar-refractivity contribution in [3.8, 4) is 0 Å². The number of halogens is 1. The summed E-state index contributed by atoms with van der Waals surface area (Å²) in [5.41, 5.74) is 6.93. The molecule has 20 heavy (non-hydrogen) atoms. The molecule has 4 nitrogen and oxygen atoms in total. The lowest BCUT2D eigenvalue weighted by Gasteiger charge is -2.16. The highest BCUT2D eigenvalue weighted by molar-refractivity contribution is 7.09. The average molecular weight is 312 g/mol. The molecule has 0 aliphatic carbocycles. The summed E-state index contributed by atoms with van der Waals surface area (Å²) in [6.07, 6.45) is 2.80. The van der Waals surface area contributed by atoms with E-state index < -0.39 is 0 Å². The molecule has 2 aromatic heterocycles. The lowest BCUT2D eigenvalue weighted by molar-refractivity contribution is -0.129. The molecule has 2 rings (SSSR count). The molecule has 0 fully saturated rings. The van der Waals surface area contributed by atoms with Crippen LogP contribution in [0.5, 0.6) is 0 Å². The second-order valence-corrected chi connectivity index (χ2v) is 5.44. The quantitative estimate of drug-likeness (QED) is 0.922. The van der Waals surface area contributed by atoms with Crippen molar-refractivity contribution in [2.75, 3.05) is 19.3 Å². The number of hydrogen-bond acceptors (Lipinski definition) is 4. The summed E-state index contributed by atoms with van der Waals surface area (Å²) in [5.74, 6) is 0.0776. The van der Waals surface area contributed by atoms with Gasteiger partial charge in [0, 0.05) is 24.2 Å². The van der Waals surface area contributed by atoms with E-state index in [2.05, 4.69) is 16.4 Å². The minimum Gasteiger partial charge on any atom is -0.397 e. The van der Waals surface area contributed by atoms with Gasteiger partial charge in [-0.1, -0.05) is 6.07 Å². The number of carbonyl (C=O) groups excluding carboxylic acids is 1. The third kappa shape index (κ3) is 4.83. The summed E-state index contributed by atoms with van der Waals surface area (Å²) in [4.78, 5) is 19.2. The zero-order valence-corrected chi connectivity index (χ0v) is 12.9. The Morgan fingerprint density at radius 3 is 2.80 bits per heavy atom. The topological polar surface area (TPSA) is 59.2 Å². The molecular formula is C14H18ClN3OS. The number of carbonyl (C=O) groups is 1. The van der Waals surface area contributed by atoms with Crippen molar-refractivity contribution in [2.24, 2.45) is 0 Å². The van der Waals surface area contributed by atoms with Crippen molar-refractivity contribution in [1.82, 2.24) is 9.88 Å². The molecule has 0 saturated heterocycles. The van der Waals surface area contributed by atoms with Crippen LogP contribution in [0, 0.1) is 0 Å². The number of likely N-dealkylation sites (N-methyl/N-ethyl adjacent to an activating group) is 1.